The van der Waals surface area contributed by atoms with Crippen molar-refractivity contribution in [2.24, 2.45) is 0 Å². The lowest BCUT2D eigenvalue weighted by molar-refractivity contribution is 1.62. The number of hydrogen-bond acceptors (Lipinski definition) is 0. The first-order valence-corrected chi connectivity index (χ1v) is 5.74. The molecule has 0 N–H and O–H groups in total. The van der Waals surface area contributed by atoms with Gasteiger partial charge in [0, 0.05) is 8.80 Å². The van der Waals surface area contributed by atoms with Crippen LogP contribution in [0, 0.1) is 0 Å². The highest BCUT2D eigenvalue weighted by Gasteiger charge is 1.86. The van der Waals surface area contributed by atoms with E-state index in [9.17, 15) is 0 Å². The zero-order valence-corrected chi connectivity index (χ0v) is 6.22. The van der Waals surface area contributed by atoms with E-state index in [0.717, 1.165) is 0 Å². The van der Waals surface area contributed by atoms with Crippen LogP contribution in [0.15, 0.2) is 18.4 Å². The minimum absolute atomic E-state index is 0.346. The van der Waals surface area contributed by atoms with E-state index < -0.39 is 0 Å². The molecule has 0 aliphatic carbocycles. The summed E-state index contributed by atoms with van der Waals surface area (Å²) >= 11 is 0. The highest BCUT2D eigenvalue weighted by Crippen LogP contribution is 1.88. The van der Waals surface area contributed by atoms with Crippen LogP contribution in [-0.2, 0) is 0 Å². The van der Waals surface area contributed by atoms with Crippen LogP contribution in [0.5, 0.6) is 0 Å². The Hall–Kier alpha value is -0.263. The number of allylic oxidation sites excluding steroid dienone is 1. The lowest BCUT2D eigenvalue weighted by Crippen LogP contribution is -1.93. The maximum absolute atomic E-state index is 3.47. The van der Waals surface area contributed by atoms with Crippen LogP contribution in [0.4, 0.5) is 0 Å². The topological polar surface area (TPSA) is 0 Å². The number of rotatable bonds is 2. The van der Waals surface area contributed by atoms with Gasteiger partial charge in [-0.3, -0.25) is 0 Å². The molecule has 0 fully saturated rings. The second kappa shape index (κ2) is 3.91. The van der Waals surface area contributed by atoms with Crippen molar-refractivity contribution < 1.29 is 0 Å². The standard InChI is InChI=1S/C6H12Si/c1-4-5-6-7(2)3/h5,7H,1,6H2,2-3H3. The van der Waals surface area contributed by atoms with Crippen molar-refractivity contribution in [2.75, 3.05) is 0 Å². The third-order valence-electron chi connectivity index (χ3n) is 0.734. The Morgan fingerprint density at radius 2 is 2.29 bits per heavy atom. The fraction of sp³-hybridized carbons (Fsp3) is 0.500. The number of hydrogen-bond donors (Lipinski definition) is 0. The maximum Gasteiger partial charge on any atom is 0.0352 e. The summed E-state index contributed by atoms with van der Waals surface area (Å²) in [6, 6.07) is 1.24. The lowest BCUT2D eigenvalue weighted by Gasteiger charge is -1.89. The van der Waals surface area contributed by atoms with E-state index in [-0.39, 0.29) is 8.80 Å². The molecule has 0 aliphatic rings. The third kappa shape index (κ3) is 5.74. The summed E-state index contributed by atoms with van der Waals surface area (Å²) in [5.41, 5.74) is 2.76. The molecule has 7 heavy (non-hydrogen) atoms. The highest BCUT2D eigenvalue weighted by atomic mass is 28.3. The fourth-order valence-electron chi connectivity index (χ4n) is 0.319. The predicted molar refractivity (Wildman–Crippen MR) is 37.4 cm³/mol. The van der Waals surface area contributed by atoms with Crippen molar-refractivity contribution in [3.05, 3.63) is 18.4 Å². The average Bonchev–Trinajstić information content (AvgIpc) is 1.61. The van der Waals surface area contributed by atoms with Gasteiger partial charge >= 0.3 is 0 Å². The van der Waals surface area contributed by atoms with Gasteiger partial charge in [-0.05, 0) is 12.1 Å². The van der Waals surface area contributed by atoms with Gasteiger partial charge < -0.3 is 0 Å². The minimum atomic E-state index is -0.346. The average molecular weight is 112 g/mol. The molecule has 0 atom stereocenters. The Kier molecular flexibility index (Phi) is 3.76. The molecular weight excluding hydrogens is 100 g/mol. The second-order valence-electron chi connectivity index (χ2n) is 2.04. The van der Waals surface area contributed by atoms with Crippen molar-refractivity contribution in [2.45, 2.75) is 19.1 Å². The monoisotopic (exact) mass is 112 g/mol. The molecule has 1 heteroatoms. The summed E-state index contributed by atoms with van der Waals surface area (Å²) in [5.74, 6) is 0. The lowest BCUT2D eigenvalue weighted by atomic mass is 10.7. The zero-order chi connectivity index (χ0) is 5.70. The van der Waals surface area contributed by atoms with E-state index in [1.165, 1.54) is 6.04 Å². The molecule has 0 aromatic heterocycles. The van der Waals surface area contributed by atoms with Crippen molar-refractivity contribution in [3.8, 4) is 0 Å². The van der Waals surface area contributed by atoms with Crippen LogP contribution in [0.3, 0.4) is 0 Å². The molecule has 0 spiro atoms. The zero-order valence-electron chi connectivity index (χ0n) is 5.07. The first kappa shape index (κ1) is 6.74. The second-order valence-corrected chi connectivity index (χ2v) is 5.30. The molecule has 0 unspecified atom stereocenters. The Morgan fingerprint density at radius 3 is 2.43 bits per heavy atom. The summed E-state index contributed by atoms with van der Waals surface area (Å²) in [6.45, 7) is 8.10. The van der Waals surface area contributed by atoms with Gasteiger partial charge in [-0.15, -0.1) is 5.73 Å². The van der Waals surface area contributed by atoms with E-state index in [1.54, 1.807) is 0 Å². The molecule has 0 aliphatic heterocycles. The Balaban J connectivity index is 3.13. The van der Waals surface area contributed by atoms with Gasteiger partial charge in [0.2, 0.25) is 0 Å². The fourth-order valence-corrected chi connectivity index (χ4v) is 0.957. The Bertz CT molecular complexity index is 78.2. The molecule has 0 saturated heterocycles. The molecule has 0 bridgehead atoms. The molecule has 40 valence electrons. The van der Waals surface area contributed by atoms with Gasteiger partial charge in [0.1, 0.15) is 0 Å². The highest BCUT2D eigenvalue weighted by molar-refractivity contribution is 6.56. The van der Waals surface area contributed by atoms with E-state index in [4.69, 9.17) is 0 Å². The van der Waals surface area contributed by atoms with E-state index in [1.807, 2.05) is 6.08 Å². The van der Waals surface area contributed by atoms with Crippen LogP contribution in [0.25, 0.3) is 0 Å². The molecule has 0 amide bonds. The van der Waals surface area contributed by atoms with Gasteiger partial charge in [-0.1, -0.05) is 19.7 Å². The molecule has 0 rings (SSSR count). The van der Waals surface area contributed by atoms with E-state index >= 15 is 0 Å². The predicted octanol–water partition coefficient (Wildman–Crippen LogP) is 1.81. The molecular formula is C6H12Si. The van der Waals surface area contributed by atoms with Gasteiger partial charge in [-0.2, -0.15) is 0 Å². The van der Waals surface area contributed by atoms with E-state index in [2.05, 4.69) is 25.4 Å². The Morgan fingerprint density at radius 1 is 1.71 bits per heavy atom. The van der Waals surface area contributed by atoms with Crippen molar-refractivity contribution in [1.82, 2.24) is 0 Å². The van der Waals surface area contributed by atoms with Gasteiger partial charge in [0.25, 0.3) is 0 Å². The minimum Gasteiger partial charge on any atom is -0.133 e. The molecule has 0 aromatic carbocycles. The van der Waals surface area contributed by atoms with Crippen LogP contribution in [-0.4, -0.2) is 8.80 Å². The molecule has 0 radical (unpaired) electrons. The summed E-state index contributed by atoms with van der Waals surface area (Å²) in [4.78, 5) is 0. The van der Waals surface area contributed by atoms with Crippen molar-refractivity contribution in [1.29, 1.82) is 0 Å². The normalized spacial score (nSPS) is 8.43. The van der Waals surface area contributed by atoms with Gasteiger partial charge in [-0.25, -0.2) is 0 Å². The van der Waals surface area contributed by atoms with Crippen LogP contribution < -0.4 is 0 Å². The molecule has 0 heterocycles. The SMILES string of the molecule is C=C=CC[SiH](C)C. The summed E-state index contributed by atoms with van der Waals surface area (Å²) in [7, 11) is -0.346. The van der Waals surface area contributed by atoms with E-state index in [0.29, 0.717) is 0 Å². The summed E-state index contributed by atoms with van der Waals surface area (Å²) in [5, 5.41) is 0. The molecule has 0 aromatic rings. The summed E-state index contributed by atoms with van der Waals surface area (Å²) in [6.07, 6.45) is 2.02. The summed E-state index contributed by atoms with van der Waals surface area (Å²) < 4.78 is 0. The van der Waals surface area contributed by atoms with Crippen molar-refractivity contribution in [3.63, 3.8) is 0 Å². The van der Waals surface area contributed by atoms with Crippen LogP contribution in [0.1, 0.15) is 0 Å². The third-order valence-corrected chi connectivity index (χ3v) is 1.91. The van der Waals surface area contributed by atoms with Gasteiger partial charge in [0.05, 0.1) is 0 Å². The van der Waals surface area contributed by atoms with Crippen molar-refractivity contribution >= 4 is 8.80 Å². The smallest absolute Gasteiger partial charge is 0.0352 e. The van der Waals surface area contributed by atoms with Crippen LogP contribution in [0.2, 0.25) is 19.1 Å². The van der Waals surface area contributed by atoms with Gasteiger partial charge in [0.15, 0.2) is 0 Å². The molecule has 0 saturated carbocycles. The molecule has 0 nitrogen and oxygen atoms in total. The largest absolute Gasteiger partial charge is 0.133 e. The quantitative estimate of drug-likeness (QED) is 0.377. The maximum atomic E-state index is 3.47. The first-order valence-electron chi connectivity index (χ1n) is 2.61. The first-order chi connectivity index (χ1) is 3.27. The Labute approximate surface area is 47.2 Å². The van der Waals surface area contributed by atoms with Crippen LogP contribution >= 0.6 is 0 Å².